The van der Waals surface area contributed by atoms with E-state index in [0.29, 0.717) is 27.1 Å². The second-order valence-corrected chi connectivity index (χ2v) is 7.39. The topological polar surface area (TPSA) is 100 Å². The zero-order valence-corrected chi connectivity index (χ0v) is 16.8. The van der Waals surface area contributed by atoms with Crippen molar-refractivity contribution >= 4 is 45.9 Å². The highest BCUT2D eigenvalue weighted by Gasteiger charge is 2.19. The first-order chi connectivity index (χ1) is 14.0. The van der Waals surface area contributed by atoms with Crippen molar-refractivity contribution in [1.29, 1.82) is 0 Å². The molecule has 0 unspecified atom stereocenters. The third kappa shape index (κ3) is 3.59. The summed E-state index contributed by atoms with van der Waals surface area (Å²) in [5.74, 6) is -0.423. The third-order valence-electron chi connectivity index (χ3n) is 4.46. The molecule has 0 atom stereocenters. The van der Waals surface area contributed by atoms with E-state index >= 15 is 0 Å². The van der Waals surface area contributed by atoms with Crippen molar-refractivity contribution in [3.05, 3.63) is 59.1 Å². The number of esters is 1. The minimum Gasteiger partial charge on any atom is -0.468 e. The summed E-state index contributed by atoms with van der Waals surface area (Å²) in [6.45, 7) is -0.00768. The average molecular weight is 427 g/mol. The summed E-state index contributed by atoms with van der Waals surface area (Å²) in [5.41, 5.74) is 7.94. The summed E-state index contributed by atoms with van der Waals surface area (Å²) >= 11 is 7.46. The summed E-state index contributed by atoms with van der Waals surface area (Å²) in [6, 6.07) is 14.2. The van der Waals surface area contributed by atoms with E-state index in [-0.39, 0.29) is 6.54 Å². The molecule has 146 valence electrons. The molecular weight excluding hydrogens is 412 g/mol. The maximum atomic E-state index is 12.0. The Morgan fingerprint density at radius 3 is 2.72 bits per heavy atom. The highest BCUT2D eigenvalue weighted by Crippen LogP contribution is 2.33. The largest absolute Gasteiger partial charge is 0.468 e. The predicted octanol–water partition coefficient (Wildman–Crippen LogP) is 3.75. The van der Waals surface area contributed by atoms with E-state index in [1.165, 1.54) is 18.6 Å². The number of nitrogens with zero attached hydrogens (tertiary/aromatic N) is 3. The average Bonchev–Trinajstić information content (AvgIpc) is 3.33. The third-order valence-corrected chi connectivity index (χ3v) is 5.53. The van der Waals surface area contributed by atoms with Crippen molar-refractivity contribution in [1.82, 2.24) is 13.9 Å². The molecule has 0 radical (unpaired) electrons. The van der Waals surface area contributed by atoms with Crippen molar-refractivity contribution in [2.45, 2.75) is 6.54 Å². The number of nitrogens with two attached hydrogens (primary N) is 1. The maximum absolute atomic E-state index is 12.0. The van der Waals surface area contributed by atoms with Crippen LogP contribution in [-0.2, 0) is 16.1 Å². The van der Waals surface area contributed by atoms with Gasteiger partial charge in [0, 0.05) is 22.0 Å². The molecule has 0 saturated carbocycles. The number of primary amides is 1. The molecule has 0 bridgehead atoms. The number of carbonyl (C=O) groups excluding carboxylic acids is 2. The van der Waals surface area contributed by atoms with Gasteiger partial charge in [0.2, 0.25) is 5.91 Å². The van der Waals surface area contributed by atoms with Crippen LogP contribution < -0.4 is 5.73 Å². The van der Waals surface area contributed by atoms with Crippen LogP contribution in [0.3, 0.4) is 0 Å². The molecule has 4 aromatic rings. The quantitative estimate of drug-likeness (QED) is 0.490. The zero-order chi connectivity index (χ0) is 20.5. The molecule has 0 aliphatic rings. The van der Waals surface area contributed by atoms with Gasteiger partial charge in [0.05, 0.1) is 17.8 Å². The molecule has 0 fully saturated rings. The lowest BCUT2D eigenvalue weighted by atomic mass is 10.1. The highest BCUT2D eigenvalue weighted by atomic mass is 35.5. The van der Waals surface area contributed by atoms with Gasteiger partial charge in [-0.3, -0.25) is 9.59 Å². The predicted molar refractivity (Wildman–Crippen MR) is 112 cm³/mol. The number of carbonyl (C=O) groups is 2. The van der Waals surface area contributed by atoms with Gasteiger partial charge in [-0.05, 0) is 47.9 Å². The number of methoxy groups -OCH3 is 1. The summed E-state index contributed by atoms with van der Waals surface area (Å²) in [5, 5.41) is 1.92. The van der Waals surface area contributed by atoms with Crippen LogP contribution in [0.1, 0.15) is 10.4 Å². The number of halogens is 1. The van der Waals surface area contributed by atoms with E-state index in [2.05, 4.69) is 9.36 Å². The minimum absolute atomic E-state index is 0.00768. The Morgan fingerprint density at radius 2 is 2.00 bits per heavy atom. The van der Waals surface area contributed by atoms with Crippen molar-refractivity contribution < 1.29 is 14.3 Å². The Balaban J connectivity index is 1.86. The van der Waals surface area contributed by atoms with Gasteiger partial charge in [0.25, 0.3) is 0 Å². The molecule has 7 nitrogen and oxygen atoms in total. The minimum atomic E-state index is -0.522. The number of fused-ring (bicyclic) bond motifs is 1. The number of aromatic nitrogens is 3. The molecule has 0 aliphatic heterocycles. The second kappa shape index (κ2) is 7.65. The molecule has 9 heteroatoms. The fourth-order valence-electron chi connectivity index (χ4n) is 3.04. The normalized spacial score (nSPS) is 11.0. The van der Waals surface area contributed by atoms with Crippen molar-refractivity contribution in [2.24, 2.45) is 5.73 Å². The molecule has 1 amide bonds. The fourth-order valence-corrected chi connectivity index (χ4v) is 3.97. The molecule has 2 N–H and O–H groups in total. The summed E-state index contributed by atoms with van der Waals surface area (Å²) in [4.78, 5) is 28.1. The Morgan fingerprint density at radius 1 is 1.21 bits per heavy atom. The monoisotopic (exact) mass is 426 g/mol. The van der Waals surface area contributed by atoms with Crippen LogP contribution in [0.25, 0.3) is 33.0 Å². The number of hydrogen-bond donors (Lipinski definition) is 1. The molecular formula is C20H15ClN4O3S. The van der Waals surface area contributed by atoms with Crippen LogP contribution in [-0.4, -0.2) is 32.9 Å². The first-order valence-corrected chi connectivity index (χ1v) is 9.72. The molecule has 29 heavy (non-hydrogen) atoms. The van der Waals surface area contributed by atoms with Gasteiger partial charge in [-0.15, -0.1) is 0 Å². The zero-order valence-electron chi connectivity index (χ0n) is 15.3. The lowest BCUT2D eigenvalue weighted by molar-refractivity contribution is -0.141. The van der Waals surface area contributed by atoms with E-state index in [4.69, 9.17) is 22.1 Å². The number of benzene rings is 2. The van der Waals surface area contributed by atoms with Crippen LogP contribution in [0.5, 0.6) is 0 Å². The molecule has 2 aromatic heterocycles. The molecule has 4 rings (SSSR count). The van der Waals surface area contributed by atoms with Crippen molar-refractivity contribution in [3.8, 4) is 22.1 Å². The smallest absolute Gasteiger partial charge is 0.325 e. The Labute approximate surface area is 174 Å². The van der Waals surface area contributed by atoms with Crippen LogP contribution in [0.4, 0.5) is 0 Å². The Kier molecular flexibility index (Phi) is 5.04. The van der Waals surface area contributed by atoms with E-state index < -0.39 is 11.9 Å². The summed E-state index contributed by atoms with van der Waals surface area (Å²) in [6.07, 6.45) is 0. The standard InChI is InChI=1S/C20H15ClN4O3S/c1-28-17(26)10-25-15-7-6-11(18(22)27)8-12(15)9-16(25)20-23-19(24-29-20)13-4-2-3-5-14(13)21/h2-9H,10H2,1H3,(H2,22,27). The van der Waals surface area contributed by atoms with Gasteiger partial charge in [0.1, 0.15) is 6.54 Å². The molecule has 0 aliphatic carbocycles. The first-order valence-electron chi connectivity index (χ1n) is 8.57. The lowest BCUT2D eigenvalue weighted by Gasteiger charge is -2.07. The van der Waals surface area contributed by atoms with E-state index in [1.807, 2.05) is 24.3 Å². The number of ether oxygens (including phenoxy) is 1. The molecule has 2 aromatic carbocycles. The van der Waals surface area contributed by atoms with Gasteiger partial charge in [-0.2, -0.15) is 4.37 Å². The van der Waals surface area contributed by atoms with Crippen LogP contribution in [0.2, 0.25) is 5.02 Å². The first kappa shape index (κ1) is 19.1. The van der Waals surface area contributed by atoms with Crippen molar-refractivity contribution in [3.63, 3.8) is 0 Å². The van der Waals surface area contributed by atoms with Crippen LogP contribution >= 0.6 is 23.1 Å². The molecule has 0 spiro atoms. The van der Waals surface area contributed by atoms with Crippen LogP contribution in [0.15, 0.2) is 48.5 Å². The van der Waals surface area contributed by atoms with Gasteiger partial charge < -0.3 is 15.0 Å². The number of rotatable bonds is 5. The Hall–Kier alpha value is -3.23. The summed E-state index contributed by atoms with van der Waals surface area (Å²) < 4.78 is 11.0. The lowest BCUT2D eigenvalue weighted by Crippen LogP contribution is -2.13. The van der Waals surface area contributed by atoms with E-state index in [0.717, 1.165) is 16.5 Å². The van der Waals surface area contributed by atoms with E-state index in [1.54, 1.807) is 28.8 Å². The number of amides is 1. The molecule has 0 saturated heterocycles. The van der Waals surface area contributed by atoms with Gasteiger partial charge >= 0.3 is 5.97 Å². The summed E-state index contributed by atoms with van der Waals surface area (Å²) in [7, 11) is 1.33. The SMILES string of the molecule is COC(=O)Cn1c(-c2nc(-c3ccccc3Cl)ns2)cc2cc(C(N)=O)ccc21. The van der Waals surface area contributed by atoms with Crippen LogP contribution in [0, 0.1) is 0 Å². The van der Waals surface area contributed by atoms with Gasteiger partial charge in [0.15, 0.2) is 10.8 Å². The van der Waals surface area contributed by atoms with E-state index in [9.17, 15) is 9.59 Å². The fraction of sp³-hybridized carbons (Fsp3) is 0.100. The van der Waals surface area contributed by atoms with Crippen molar-refractivity contribution in [2.75, 3.05) is 7.11 Å². The highest BCUT2D eigenvalue weighted by molar-refractivity contribution is 7.09. The van der Waals surface area contributed by atoms with Gasteiger partial charge in [-0.25, -0.2) is 4.98 Å². The Bertz CT molecular complexity index is 1250. The maximum Gasteiger partial charge on any atom is 0.325 e. The van der Waals surface area contributed by atoms with Gasteiger partial charge in [-0.1, -0.05) is 23.7 Å². The molecule has 2 heterocycles. The number of hydrogen-bond acceptors (Lipinski definition) is 6. The second-order valence-electron chi connectivity index (χ2n) is 6.23.